The maximum absolute atomic E-state index is 10.6. The second-order valence-corrected chi connectivity index (χ2v) is 4.37. The van der Waals surface area contributed by atoms with Crippen LogP contribution in [0.5, 0.6) is 0 Å². The van der Waals surface area contributed by atoms with Crippen LogP contribution in [0.15, 0.2) is 48.5 Å². The summed E-state index contributed by atoms with van der Waals surface area (Å²) in [6, 6.07) is 13.8. The SMILES string of the molecule is [C-]#[N+]c1ccc2cc(-c3ccc([N+](=O)[O-])cc3)[nH]c2c1. The molecule has 96 valence electrons. The van der Waals surface area contributed by atoms with Crippen molar-refractivity contribution in [3.63, 3.8) is 0 Å². The van der Waals surface area contributed by atoms with E-state index >= 15 is 0 Å². The Balaban J connectivity index is 2.05. The fourth-order valence-electron chi connectivity index (χ4n) is 2.10. The van der Waals surface area contributed by atoms with Crippen molar-refractivity contribution in [1.82, 2.24) is 4.98 Å². The molecule has 0 atom stereocenters. The Morgan fingerprint density at radius 3 is 2.50 bits per heavy atom. The summed E-state index contributed by atoms with van der Waals surface area (Å²) >= 11 is 0. The van der Waals surface area contributed by atoms with Crippen LogP contribution < -0.4 is 0 Å². The van der Waals surface area contributed by atoms with Crippen molar-refractivity contribution in [3.8, 4) is 11.3 Å². The van der Waals surface area contributed by atoms with Crippen molar-refractivity contribution < 1.29 is 4.92 Å². The smallest absolute Gasteiger partial charge is 0.269 e. The zero-order valence-corrected chi connectivity index (χ0v) is 10.3. The maximum atomic E-state index is 10.6. The Labute approximate surface area is 114 Å². The third kappa shape index (κ3) is 1.99. The number of non-ortho nitro benzene ring substituents is 1. The number of nitrogens with one attached hydrogen (secondary N) is 1. The number of H-pyrrole nitrogens is 1. The molecule has 0 unspecified atom stereocenters. The second-order valence-electron chi connectivity index (χ2n) is 4.37. The van der Waals surface area contributed by atoms with Gasteiger partial charge in [0.05, 0.1) is 11.5 Å². The van der Waals surface area contributed by atoms with Crippen LogP contribution in [0.4, 0.5) is 11.4 Å². The fraction of sp³-hybridized carbons (Fsp3) is 0. The monoisotopic (exact) mass is 263 g/mol. The first kappa shape index (κ1) is 11.9. The molecule has 0 saturated carbocycles. The van der Waals surface area contributed by atoms with Gasteiger partial charge in [0.15, 0.2) is 5.69 Å². The predicted octanol–water partition coefficient (Wildman–Crippen LogP) is 4.29. The van der Waals surface area contributed by atoms with E-state index in [9.17, 15) is 10.1 Å². The number of fused-ring (bicyclic) bond motifs is 1. The van der Waals surface area contributed by atoms with Crippen molar-refractivity contribution >= 4 is 22.3 Å². The molecule has 0 amide bonds. The van der Waals surface area contributed by atoms with Crippen LogP contribution in [-0.4, -0.2) is 9.91 Å². The van der Waals surface area contributed by atoms with E-state index in [0.29, 0.717) is 5.69 Å². The molecule has 1 heterocycles. The van der Waals surface area contributed by atoms with Gasteiger partial charge in [-0.3, -0.25) is 10.1 Å². The molecule has 0 aliphatic rings. The van der Waals surface area contributed by atoms with Crippen LogP contribution in [0.2, 0.25) is 0 Å². The van der Waals surface area contributed by atoms with Crippen LogP contribution in [0, 0.1) is 16.7 Å². The van der Waals surface area contributed by atoms with Gasteiger partial charge in [0, 0.05) is 23.3 Å². The Morgan fingerprint density at radius 1 is 1.10 bits per heavy atom. The fourth-order valence-corrected chi connectivity index (χ4v) is 2.10. The molecule has 0 fully saturated rings. The lowest BCUT2D eigenvalue weighted by atomic mass is 10.1. The van der Waals surface area contributed by atoms with Gasteiger partial charge in [-0.1, -0.05) is 12.1 Å². The zero-order valence-electron chi connectivity index (χ0n) is 10.3. The summed E-state index contributed by atoms with van der Waals surface area (Å²) in [6.07, 6.45) is 0. The van der Waals surface area contributed by atoms with Gasteiger partial charge in [-0.25, -0.2) is 4.85 Å². The Bertz CT molecular complexity index is 842. The number of hydrogen-bond acceptors (Lipinski definition) is 2. The highest BCUT2D eigenvalue weighted by Gasteiger charge is 2.07. The Morgan fingerprint density at radius 2 is 1.85 bits per heavy atom. The van der Waals surface area contributed by atoms with Crippen LogP contribution >= 0.6 is 0 Å². The lowest BCUT2D eigenvalue weighted by Gasteiger charge is -1.97. The number of benzene rings is 2. The quantitative estimate of drug-likeness (QED) is 0.425. The molecule has 3 rings (SSSR count). The summed E-state index contributed by atoms with van der Waals surface area (Å²) in [6.45, 7) is 7.00. The number of hydrogen-bond donors (Lipinski definition) is 1. The number of nitro groups is 1. The number of aromatic amines is 1. The van der Waals surface area contributed by atoms with Crippen molar-refractivity contribution in [1.29, 1.82) is 0 Å². The average Bonchev–Trinajstić information content (AvgIpc) is 2.90. The van der Waals surface area contributed by atoms with E-state index in [0.717, 1.165) is 22.2 Å². The minimum atomic E-state index is -0.420. The average molecular weight is 263 g/mol. The van der Waals surface area contributed by atoms with E-state index in [1.165, 1.54) is 12.1 Å². The number of nitro benzene ring substituents is 1. The summed E-state index contributed by atoms with van der Waals surface area (Å²) in [5.74, 6) is 0. The van der Waals surface area contributed by atoms with E-state index in [4.69, 9.17) is 6.57 Å². The summed E-state index contributed by atoms with van der Waals surface area (Å²) in [5, 5.41) is 11.6. The third-order valence-corrected chi connectivity index (χ3v) is 3.12. The molecule has 3 aromatic rings. The minimum absolute atomic E-state index is 0.0696. The molecule has 0 bridgehead atoms. The predicted molar refractivity (Wildman–Crippen MR) is 76.7 cm³/mol. The molecule has 0 saturated heterocycles. The lowest BCUT2D eigenvalue weighted by molar-refractivity contribution is -0.384. The van der Waals surface area contributed by atoms with Gasteiger partial charge < -0.3 is 4.98 Å². The second kappa shape index (κ2) is 4.52. The molecule has 5 nitrogen and oxygen atoms in total. The summed E-state index contributed by atoms with van der Waals surface area (Å²) in [4.78, 5) is 16.8. The van der Waals surface area contributed by atoms with Crippen molar-refractivity contribution in [3.05, 3.63) is 70.1 Å². The normalized spacial score (nSPS) is 10.3. The Kier molecular flexibility index (Phi) is 2.70. The van der Waals surface area contributed by atoms with Gasteiger partial charge in [-0.15, -0.1) is 0 Å². The maximum Gasteiger partial charge on any atom is 0.269 e. The van der Waals surface area contributed by atoms with Gasteiger partial charge in [-0.05, 0) is 35.2 Å². The molecule has 0 spiro atoms. The molecular weight excluding hydrogens is 254 g/mol. The molecule has 5 heteroatoms. The third-order valence-electron chi connectivity index (χ3n) is 3.12. The molecule has 2 aromatic carbocycles. The number of nitrogens with zero attached hydrogens (tertiary/aromatic N) is 2. The topological polar surface area (TPSA) is 63.3 Å². The van der Waals surface area contributed by atoms with E-state index in [1.807, 2.05) is 12.1 Å². The van der Waals surface area contributed by atoms with Crippen molar-refractivity contribution in [2.75, 3.05) is 0 Å². The molecule has 0 aliphatic carbocycles. The molecule has 1 aromatic heterocycles. The van der Waals surface area contributed by atoms with E-state index in [2.05, 4.69) is 9.83 Å². The van der Waals surface area contributed by atoms with E-state index in [1.54, 1.807) is 24.3 Å². The van der Waals surface area contributed by atoms with Gasteiger partial charge in [0.2, 0.25) is 0 Å². The highest BCUT2D eigenvalue weighted by molar-refractivity contribution is 5.88. The van der Waals surface area contributed by atoms with Gasteiger partial charge in [0.25, 0.3) is 5.69 Å². The highest BCUT2D eigenvalue weighted by Crippen LogP contribution is 2.28. The van der Waals surface area contributed by atoms with E-state index in [-0.39, 0.29) is 5.69 Å². The first-order valence-electron chi connectivity index (χ1n) is 5.92. The van der Waals surface area contributed by atoms with Crippen molar-refractivity contribution in [2.45, 2.75) is 0 Å². The zero-order chi connectivity index (χ0) is 14.1. The number of aromatic nitrogens is 1. The largest absolute Gasteiger partial charge is 0.356 e. The highest BCUT2D eigenvalue weighted by atomic mass is 16.6. The van der Waals surface area contributed by atoms with Crippen LogP contribution in [0.25, 0.3) is 27.0 Å². The Hall–Kier alpha value is -3.13. The summed E-state index contributed by atoms with van der Waals surface area (Å²) in [7, 11) is 0. The number of rotatable bonds is 2. The first-order valence-corrected chi connectivity index (χ1v) is 5.92. The summed E-state index contributed by atoms with van der Waals surface area (Å²) < 4.78 is 0. The molecule has 0 aliphatic heterocycles. The molecule has 0 radical (unpaired) electrons. The van der Waals surface area contributed by atoms with Crippen LogP contribution in [0.1, 0.15) is 0 Å². The molecular formula is C15H9N3O2. The standard InChI is InChI=1S/C15H9N3O2/c1-16-12-5-2-11-8-14(17-15(11)9-12)10-3-6-13(7-4-10)18(19)20/h2-9,17H. The minimum Gasteiger partial charge on any atom is -0.356 e. The lowest BCUT2D eigenvalue weighted by Crippen LogP contribution is -1.87. The van der Waals surface area contributed by atoms with Gasteiger partial charge in [-0.2, -0.15) is 0 Å². The summed E-state index contributed by atoms with van der Waals surface area (Å²) in [5.41, 5.74) is 3.27. The molecule has 1 N–H and O–H groups in total. The first-order chi connectivity index (χ1) is 9.67. The molecule has 20 heavy (non-hydrogen) atoms. The van der Waals surface area contributed by atoms with E-state index < -0.39 is 4.92 Å². The van der Waals surface area contributed by atoms with Crippen LogP contribution in [0.3, 0.4) is 0 Å². The van der Waals surface area contributed by atoms with Gasteiger partial charge in [0.1, 0.15) is 0 Å². The van der Waals surface area contributed by atoms with Crippen LogP contribution in [-0.2, 0) is 0 Å². The van der Waals surface area contributed by atoms with Gasteiger partial charge >= 0.3 is 0 Å². The van der Waals surface area contributed by atoms with Crippen molar-refractivity contribution in [2.24, 2.45) is 0 Å².